The quantitative estimate of drug-likeness (QED) is 0.363. The molecule has 0 bridgehead atoms. The van der Waals surface area contributed by atoms with E-state index in [2.05, 4.69) is 84.8 Å². The second-order valence-electron chi connectivity index (χ2n) is 6.93. The third-order valence-corrected chi connectivity index (χ3v) is 6.59. The summed E-state index contributed by atoms with van der Waals surface area (Å²) in [4.78, 5) is 0. The fraction of sp³-hybridized carbons (Fsp3) is 0.120. The van der Waals surface area contributed by atoms with Crippen LogP contribution in [0.15, 0.2) is 60.7 Å². The smallest absolute Gasteiger partial charge is 0.0497 e. The average molecular weight is 368 g/mol. The van der Waals surface area contributed by atoms with Crippen molar-refractivity contribution >= 4 is 65.8 Å². The molecular weight excluding hydrogens is 346 g/mol. The van der Waals surface area contributed by atoms with Crippen LogP contribution >= 0.6 is 11.3 Å². The van der Waals surface area contributed by atoms with Crippen molar-refractivity contribution in [3.63, 3.8) is 0 Å². The zero-order valence-corrected chi connectivity index (χ0v) is 16.4. The number of rotatable bonds is 2. The molecule has 0 N–H and O–H groups in total. The highest BCUT2D eigenvalue weighted by Crippen LogP contribution is 2.39. The molecule has 0 saturated carbocycles. The van der Waals surface area contributed by atoms with E-state index < -0.39 is 0 Å². The van der Waals surface area contributed by atoms with Crippen LogP contribution < -0.4 is 10.6 Å². The lowest BCUT2D eigenvalue weighted by Gasteiger charge is -2.05. The van der Waals surface area contributed by atoms with Crippen molar-refractivity contribution in [1.29, 1.82) is 0 Å². The van der Waals surface area contributed by atoms with Crippen LogP contribution in [0.3, 0.4) is 0 Å². The summed E-state index contributed by atoms with van der Waals surface area (Å²) in [6.45, 7) is 9.58. The summed E-state index contributed by atoms with van der Waals surface area (Å²) in [6.07, 6.45) is 6.33. The summed E-state index contributed by atoms with van der Waals surface area (Å²) < 4.78 is 5.09. The van der Waals surface area contributed by atoms with E-state index in [1.54, 1.807) is 0 Å². The second-order valence-corrected chi connectivity index (χ2v) is 8.01. The van der Waals surface area contributed by atoms with E-state index in [1.165, 1.54) is 47.2 Å². The highest BCUT2D eigenvalue weighted by atomic mass is 32.1. The second kappa shape index (κ2) is 6.11. The minimum atomic E-state index is 0.932. The number of aryl methyl sites for hydroxylation is 1. The Morgan fingerprint density at radius 2 is 1.85 bits per heavy atom. The molecule has 0 aliphatic rings. The first-order chi connectivity index (χ1) is 13.2. The molecule has 3 aromatic carbocycles. The van der Waals surface area contributed by atoms with Gasteiger partial charge < -0.3 is 4.57 Å². The van der Waals surface area contributed by atoms with Gasteiger partial charge in [0.1, 0.15) is 0 Å². The minimum absolute atomic E-state index is 0.932. The number of thiophene rings is 1. The van der Waals surface area contributed by atoms with Crippen molar-refractivity contribution in [2.45, 2.75) is 20.4 Å². The third-order valence-electron chi connectivity index (χ3n) is 5.45. The van der Waals surface area contributed by atoms with Gasteiger partial charge in [0.15, 0.2) is 0 Å². The average Bonchev–Trinajstić information content (AvgIpc) is 3.20. The summed E-state index contributed by atoms with van der Waals surface area (Å²) in [7, 11) is 0. The molecule has 27 heavy (non-hydrogen) atoms. The van der Waals surface area contributed by atoms with Crippen LogP contribution in [0.1, 0.15) is 13.8 Å². The number of hydrogen-bond donors (Lipinski definition) is 0. The zero-order chi connectivity index (χ0) is 18.5. The normalized spacial score (nSPS) is 13.2. The van der Waals surface area contributed by atoms with Gasteiger partial charge >= 0.3 is 0 Å². The van der Waals surface area contributed by atoms with Crippen molar-refractivity contribution < 1.29 is 0 Å². The fourth-order valence-electron chi connectivity index (χ4n) is 4.20. The number of nitrogens with zero attached hydrogens (tertiary/aromatic N) is 1. The predicted octanol–water partition coefficient (Wildman–Crippen LogP) is 5.95. The summed E-state index contributed by atoms with van der Waals surface area (Å²) in [5, 5.41) is 8.92. The van der Waals surface area contributed by atoms with Crippen LogP contribution in [0.2, 0.25) is 0 Å². The lowest BCUT2D eigenvalue weighted by molar-refractivity contribution is 0.771. The van der Waals surface area contributed by atoms with Gasteiger partial charge in [-0.05, 0) is 55.0 Å². The zero-order valence-electron chi connectivity index (χ0n) is 15.6. The van der Waals surface area contributed by atoms with Crippen LogP contribution in [0.4, 0.5) is 0 Å². The van der Waals surface area contributed by atoms with Crippen molar-refractivity contribution in [2.24, 2.45) is 0 Å². The van der Waals surface area contributed by atoms with Gasteiger partial charge in [-0.2, -0.15) is 0 Å². The molecule has 0 saturated heterocycles. The molecule has 1 nitrogen and oxygen atoms in total. The molecule has 0 fully saturated rings. The van der Waals surface area contributed by atoms with Gasteiger partial charge in [0, 0.05) is 48.2 Å². The van der Waals surface area contributed by atoms with E-state index in [0.29, 0.717) is 0 Å². The molecule has 5 rings (SSSR count). The third kappa shape index (κ3) is 2.30. The Morgan fingerprint density at radius 1 is 1.00 bits per heavy atom. The highest BCUT2D eigenvalue weighted by Gasteiger charge is 2.12. The molecule has 5 aromatic rings. The van der Waals surface area contributed by atoms with Crippen LogP contribution in [-0.2, 0) is 6.54 Å². The summed E-state index contributed by atoms with van der Waals surface area (Å²) >= 11 is 1.88. The molecule has 2 heteroatoms. The Bertz CT molecular complexity index is 1480. The minimum Gasteiger partial charge on any atom is -0.341 e. The topological polar surface area (TPSA) is 4.93 Å². The van der Waals surface area contributed by atoms with Crippen molar-refractivity contribution in [1.82, 2.24) is 4.57 Å². The van der Waals surface area contributed by atoms with Crippen LogP contribution in [0, 0.1) is 0 Å². The first kappa shape index (κ1) is 16.3. The monoisotopic (exact) mass is 367 g/mol. The molecule has 0 unspecified atom stereocenters. The lowest BCUT2D eigenvalue weighted by atomic mass is 10.0. The lowest BCUT2D eigenvalue weighted by Crippen LogP contribution is -2.27. The maximum Gasteiger partial charge on any atom is 0.0497 e. The fourth-order valence-corrected chi connectivity index (χ4v) is 5.32. The Balaban J connectivity index is 2.01. The molecule has 2 aromatic heterocycles. The number of hydrogen-bond acceptors (Lipinski definition) is 1. The number of aromatic nitrogens is 1. The van der Waals surface area contributed by atoms with Gasteiger partial charge in [-0.1, -0.05) is 43.0 Å². The van der Waals surface area contributed by atoms with E-state index in [9.17, 15) is 0 Å². The van der Waals surface area contributed by atoms with Crippen molar-refractivity contribution in [3.8, 4) is 0 Å². The molecule has 0 atom stereocenters. The highest BCUT2D eigenvalue weighted by molar-refractivity contribution is 7.26. The standard InChI is InChI=1S/C25H21NS/c1-4-6-10-21-16(3)19-14-17-12-13-24-25(18-9-7-8-11-23(18)27-24)20(17)15-22(19)26(21)5-2/h4,6-15H,3,5H2,1-2H3/b6-4-,21-10+. The Kier molecular flexibility index (Phi) is 3.70. The maximum atomic E-state index is 4.40. The first-order valence-electron chi connectivity index (χ1n) is 9.41. The van der Waals surface area contributed by atoms with Gasteiger partial charge in [0.2, 0.25) is 0 Å². The predicted molar refractivity (Wildman–Crippen MR) is 122 cm³/mol. The number of benzene rings is 3. The van der Waals surface area contributed by atoms with Gasteiger partial charge in [0.25, 0.3) is 0 Å². The molecular formula is C25H21NS. The van der Waals surface area contributed by atoms with E-state index in [1.807, 2.05) is 18.3 Å². The van der Waals surface area contributed by atoms with Crippen LogP contribution in [0.5, 0.6) is 0 Å². The van der Waals surface area contributed by atoms with Crippen molar-refractivity contribution in [2.75, 3.05) is 0 Å². The molecule has 2 heterocycles. The van der Waals surface area contributed by atoms with Crippen LogP contribution in [0.25, 0.3) is 54.5 Å². The number of fused-ring (bicyclic) bond motifs is 6. The Labute approximate surface area is 162 Å². The summed E-state index contributed by atoms with van der Waals surface area (Å²) in [5.74, 6) is 0. The molecule has 0 aliphatic carbocycles. The van der Waals surface area contributed by atoms with E-state index in [4.69, 9.17) is 0 Å². The van der Waals surface area contributed by atoms with E-state index in [0.717, 1.165) is 11.8 Å². The SMILES string of the molecule is C=c1/c(=C\C=C/C)n(CC)c2cc3c(ccc4sc5ccccc5c43)cc12. The van der Waals surface area contributed by atoms with Gasteiger partial charge in [-0.25, -0.2) is 0 Å². The summed E-state index contributed by atoms with van der Waals surface area (Å²) in [5.41, 5.74) is 1.27. The van der Waals surface area contributed by atoms with Crippen LogP contribution in [-0.4, -0.2) is 4.57 Å². The molecule has 0 aliphatic heterocycles. The summed E-state index contributed by atoms with van der Waals surface area (Å²) in [6, 6.07) is 17.9. The largest absolute Gasteiger partial charge is 0.341 e. The van der Waals surface area contributed by atoms with Gasteiger partial charge in [-0.3, -0.25) is 0 Å². The van der Waals surface area contributed by atoms with Gasteiger partial charge in [0.05, 0.1) is 0 Å². The Morgan fingerprint density at radius 3 is 2.67 bits per heavy atom. The number of allylic oxidation sites excluding steroid dienone is 2. The molecule has 0 amide bonds. The maximum absolute atomic E-state index is 4.40. The van der Waals surface area contributed by atoms with Crippen molar-refractivity contribution in [3.05, 3.63) is 71.3 Å². The Hall–Kier alpha value is -2.84. The van der Waals surface area contributed by atoms with E-state index >= 15 is 0 Å². The first-order valence-corrected chi connectivity index (χ1v) is 10.2. The molecule has 132 valence electrons. The van der Waals surface area contributed by atoms with E-state index in [-0.39, 0.29) is 0 Å². The van der Waals surface area contributed by atoms with Gasteiger partial charge in [-0.15, -0.1) is 11.3 Å². The molecule has 0 radical (unpaired) electrons. The molecule has 0 spiro atoms.